The molecule has 2 N–H and O–H groups in total. The van der Waals surface area contributed by atoms with Crippen LogP contribution in [0.5, 0.6) is 0 Å². The SMILES string of the molecule is CCC(C)N(C(=O)C(Cc1ccccc1)NC(=O)OC(C)(C)C)C(C(=O)Nc1ccc2ccccc2c1)c1cccc(C)c1C. The van der Waals surface area contributed by atoms with Crippen LogP contribution in [0.1, 0.15) is 69.3 Å². The maximum atomic E-state index is 14.8. The van der Waals surface area contributed by atoms with Crippen LogP contribution >= 0.6 is 0 Å². The van der Waals surface area contributed by atoms with Crippen molar-refractivity contribution in [2.75, 3.05) is 5.32 Å². The Morgan fingerprint density at radius 3 is 2.18 bits per heavy atom. The molecule has 0 aliphatic rings. The number of rotatable bonds is 10. The molecule has 0 spiro atoms. The normalized spacial score (nSPS) is 13.4. The van der Waals surface area contributed by atoms with Gasteiger partial charge in [-0.3, -0.25) is 9.59 Å². The van der Waals surface area contributed by atoms with Gasteiger partial charge in [0, 0.05) is 18.2 Å². The number of amides is 3. The molecule has 4 rings (SSSR count). The number of hydrogen-bond acceptors (Lipinski definition) is 4. The Morgan fingerprint density at radius 1 is 0.844 bits per heavy atom. The van der Waals surface area contributed by atoms with Crippen molar-refractivity contribution in [2.24, 2.45) is 0 Å². The molecule has 4 aromatic carbocycles. The van der Waals surface area contributed by atoms with Gasteiger partial charge in [-0.05, 0) is 93.1 Å². The number of alkyl carbamates (subject to hydrolysis) is 1. The summed E-state index contributed by atoms with van der Waals surface area (Å²) in [6.07, 6.45) is 0.142. The van der Waals surface area contributed by atoms with Gasteiger partial charge in [-0.25, -0.2) is 4.79 Å². The van der Waals surface area contributed by atoms with Crippen molar-refractivity contribution >= 4 is 34.4 Å². The first-order valence-corrected chi connectivity index (χ1v) is 15.6. The lowest BCUT2D eigenvalue weighted by molar-refractivity contribution is -0.143. The second-order valence-electron chi connectivity index (χ2n) is 12.6. The van der Waals surface area contributed by atoms with Crippen LogP contribution < -0.4 is 10.6 Å². The number of carbonyl (C=O) groups is 3. The van der Waals surface area contributed by atoms with Crippen molar-refractivity contribution in [1.82, 2.24) is 10.2 Å². The molecule has 3 unspecified atom stereocenters. The summed E-state index contributed by atoms with van der Waals surface area (Å²) < 4.78 is 5.56. The minimum atomic E-state index is -0.975. The quantitative estimate of drug-likeness (QED) is 0.192. The lowest BCUT2D eigenvalue weighted by Gasteiger charge is -2.39. The zero-order valence-corrected chi connectivity index (χ0v) is 27.4. The van der Waals surface area contributed by atoms with E-state index in [9.17, 15) is 14.4 Å². The van der Waals surface area contributed by atoms with Crippen molar-refractivity contribution < 1.29 is 19.1 Å². The van der Waals surface area contributed by atoms with Crippen molar-refractivity contribution in [3.05, 3.63) is 113 Å². The minimum absolute atomic E-state index is 0.234. The number of ether oxygens (including phenoxy) is 1. The first-order chi connectivity index (χ1) is 21.4. The lowest BCUT2D eigenvalue weighted by Crippen LogP contribution is -2.55. The van der Waals surface area contributed by atoms with Gasteiger partial charge in [-0.15, -0.1) is 0 Å². The highest BCUT2D eigenvalue weighted by molar-refractivity contribution is 6.00. The average molecular weight is 608 g/mol. The summed E-state index contributed by atoms with van der Waals surface area (Å²) in [5.74, 6) is -0.693. The maximum absolute atomic E-state index is 14.8. The first-order valence-electron chi connectivity index (χ1n) is 15.6. The average Bonchev–Trinajstić information content (AvgIpc) is 3.00. The molecular weight excluding hydrogens is 562 g/mol. The molecule has 0 saturated carbocycles. The van der Waals surface area contributed by atoms with Gasteiger partial charge in [0.05, 0.1) is 0 Å². The Balaban J connectivity index is 1.79. The molecule has 0 heterocycles. The smallest absolute Gasteiger partial charge is 0.408 e. The fourth-order valence-electron chi connectivity index (χ4n) is 5.44. The van der Waals surface area contributed by atoms with E-state index in [0.717, 1.165) is 33.0 Å². The summed E-state index contributed by atoms with van der Waals surface area (Å²) in [5, 5.41) is 8.01. The zero-order valence-electron chi connectivity index (χ0n) is 27.4. The maximum Gasteiger partial charge on any atom is 0.408 e. The van der Waals surface area contributed by atoms with Crippen LogP contribution in [0.15, 0.2) is 91.0 Å². The monoisotopic (exact) mass is 607 g/mol. The van der Waals surface area contributed by atoms with Crippen molar-refractivity contribution in [3.8, 4) is 0 Å². The van der Waals surface area contributed by atoms with Crippen molar-refractivity contribution in [2.45, 2.75) is 85.0 Å². The van der Waals surface area contributed by atoms with Gasteiger partial charge >= 0.3 is 6.09 Å². The highest BCUT2D eigenvalue weighted by Gasteiger charge is 2.39. The molecule has 0 aliphatic heterocycles. The molecule has 0 saturated heterocycles. The third kappa shape index (κ3) is 8.50. The summed E-state index contributed by atoms with van der Waals surface area (Å²) in [5.41, 5.74) is 3.44. The molecule has 7 nitrogen and oxygen atoms in total. The zero-order chi connectivity index (χ0) is 32.7. The van der Waals surface area contributed by atoms with E-state index in [4.69, 9.17) is 4.74 Å². The van der Waals surface area contributed by atoms with Crippen LogP contribution in [0.25, 0.3) is 10.8 Å². The lowest BCUT2D eigenvalue weighted by atomic mass is 9.93. The Labute approximate surface area is 267 Å². The number of fused-ring (bicyclic) bond motifs is 1. The third-order valence-corrected chi connectivity index (χ3v) is 8.08. The Morgan fingerprint density at radius 2 is 1.51 bits per heavy atom. The van der Waals surface area contributed by atoms with Gasteiger partial charge in [0.1, 0.15) is 17.7 Å². The van der Waals surface area contributed by atoms with E-state index < -0.39 is 23.8 Å². The largest absolute Gasteiger partial charge is 0.444 e. The molecule has 0 aliphatic carbocycles. The standard InChI is InChI=1S/C38H45N3O4/c1-8-26(3)41(36(43)33(23-28-16-10-9-11-17-28)40-37(44)45-38(5,6)7)34(32-20-14-15-25(2)27(32)4)35(42)39-31-22-21-29-18-12-13-19-30(29)24-31/h9-22,24,26,33-34H,8,23H2,1-7H3,(H,39,42)(H,40,44). The minimum Gasteiger partial charge on any atom is -0.444 e. The van der Waals surface area contributed by atoms with Crippen LogP contribution in [-0.2, 0) is 20.7 Å². The van der Waals surface area contributed by atoms with Crippen LogP contribution in [0.2, 0.25) is 0 Å². The molecule has 3 atom stereocenters. The summed E-state index contributed by atoms with van der Waals surface area (Å²) in [6.45, 7) is 13.2. The van der Waals surface area contributed by atoms with Gasteiger partial charge in [-0.2, -0.15) is 0 Å². The van der Waals surface area contributed by atoms with Gasteiger partial charge in [0.15, 0.2) is 0 Å². The Hall–Kier alpha value is -4.65. The summed E-state index contributed by atoms with van der Waals surface area (Å²) in [6, 6.07) is 26.8. The van der Waals surface area contributed by atoms with Crippen LogP contribution in [0.4, 0.5) is 10.5 Å². The van der Waals surface area contributed by atoms with Crippen LogP contribution in [0.3, 0.4) is 0 Å². The summed E-state index contributed by atoms with van der Waals surface area (Å²) in [7, 11) is 0. The number of hydrogen-bond donors (Lipinski definition) is 2. The van der Waals surface area contributed by atoms with Crippen LogP contribution in [-0.4, -0.2) is 40.5 Å². The molecule has 0 aromatic heterocycles. The van der Waals surface area contributed by atoms with Gasteiger partial charge in [0.25, 0.3) is 5.91 Å². The van der Waals surface area contributed by atoms with Gasteiger partial charge < -0.3 is 20.3 Å². The predicted molar refractivity (Wildman–Crippen MR) is 181 cm³/mol. The molecule has 3 amide bonds. The molecule has 7 heteroatoms. The molecule has 0 bridgehead atoms. The highest BCUT2D eigenvalue weighted by atomic mass is 16.6. The molecule has 4 aromatic rings. The number of carbonyl (C=O) groups excluding carboxylic acids is 3. The van der Waals surface area contributed by atoms with E-state index in [1.165, 1.54) is 0 Å². The predicted octanol–water partition coefficient (Wildman–Crippen LogP) is 7.90. The van der Waals surface area contributed by atoms with E-state index in [2.05, 4.69) is 10.6 Å². The molecule has 45 heavy (non-hydrogen) atoms. The number of aryl methyl sites for hydroxylation is 1. The fraction of sp³-hybridized carbons (Fsp3) is 0.342. The van der Waals surface area contributed by atoms with Crippen LogP contribution in [0, 0.1) is 13.8 Å². The van der Waals surface area contributed by atoms with E-state index in [-0.39, 0.29) is 24.3 Å². The second-order valence-corrected chi connectivity index (χ2v) is 12.6. The van der Waals surface area contributed by atoms with E-state index >= 15 is 0 Å². The van der Waals surface area contributed by atoms with E-state index in [1.807, 2.05) is 119 Å². The van der Waals surface area contributed by atoms with Crippen molar-refractivity contribution in [3.63, 3.8) is 0 Å². The van der Waals surface area contributed by atoms with E-state index in [0.29, 0.717) is 12.1 Å². The molecule has 236 valence electrons. The van der Waals surface area contributed by atoms with Gasteiger partial charge in [0.2, 0.25) is 5.91 Å². The topological polar surface area (TPSA) is 87.7 Å². The number of nitrogens with zero attached hydrogens (tertiary/aromatic N) is 1. The number of benzene rings is 4. The highest BCUT2D eigenvalue weighted by Crippen LogP contribution is 2.31. The number of anilines is 1. The Bertz CT molecular complexity index is 1640. The first kappa shape index (κ1) is 33.2. The van der Waals surface area contributed by atoms with Crippen molar-refractivity contribution in [1.29, 1.82) is 0 Å². The van der Waals surface area contributed by atoms with Gasteiger partial charge in [-0.1, -0.05) is 85.8 Å². The molecule has 0 fully saturated rings. The summed E-state index contributed by atoms with van der Waals surface area (Å²) >= 11 is 0. The third-order valence-electron chi connectivity index (χ3n) is 8.08. The number of nitrogens with one attached hydrogen (secondary N) is 2. The Kier molecular flexibility index (Phi) is 10.7. The van der Waals surface area contributed by atoms with E-state index in [1.54, 1.807) is 25.7 Å². The molecular formula is C38H45N3O4. The second kappa shape index (κ2) is 14.4. The molecule has 0 radical (unpaired) electrons. The fourth-order valence-corrected chi connectivity index (χ4v) is 5.44. The summed E-state index contributed by atoms with van der Waals surface area (Å²) in [4.78, 5) is 43.9.